The fraction of sp³-hybridized carbons (Fsp3) is 0.533. The summed E-state index contributed by atoms with van der Waals surface area (Å²) in [5, 5.41) is 3.13. The highest BCUT2D eigenvalue weighted by Gasteiger charge is 2.27. The molecule has 0 bridgehead atoms. The first-order valence-corrected chi connectivity index (χ1v) is 6.62. The monoisotopic (exact) mass is 262 g/mol. The summed E-state index contributed by atoms with van der Waals surface area (Å²) in [6.45, 7) is 6.34. The summed E-state index contributed by atoms with van der Waals surface area (Å²) in [4.78, 5) is 13.9. The number of aryl methyl sites for hydroxylation is 2. The Hall–Kier alpha value is -1.55. The molecule has 1 saturated heterocycles. The van der Waals surface area contributed by atoms with Crippen LogP contribution in [0.25, 0.3) is 0 Å². The van der Waals surface area contributed by atoms with Gasteiger partial charge in [-0.15, -0.1) is 0 Å². The van der Waals surface area contributed by atoms with E-state index < -0.39 is 0 Å². The van der Waals surface area contributed by atoms with Crippen molar-refractivity contribution in [2.75, 3.05) is 27.2 Å². The van der Waals surface area contributed by atoms with Gasteiger partial charge in [-0.1, -0.05) is 6.07 Å². The Balaban J connectivity index is 2.13. The van der Waals surface area contributed by atoms with Crippen LogP contribution in [0.3, 0.4) is 0 Å². The smallest absolute Gasteiger partial charge is 0.228 e. The number of ether oxygens (including phenoxy) is 1. The third-order valence-electron chi connectivity index (χ3n) is 3.81. The third kappa shape index (κ3) is 2.89. The molecule has 0 saturated carbocycles. The lowest BCUT2D eigenvalue weighted by molar-refractivity contribution is -0.136. The van der Waals surface area contributed by atoms with Crippen LogP contribution in [0.1, 0.15) is 16.7 Å². The molecule has 104 valence electrons. The molecular formula is C15H22N2O2. The van der Waals surface area contributed by atoms with Crippen molar-refractivity contribution in [3.05, 3.63) is 28.8 Å². The molecule has 1 amide bonds. The highest BCUT2D eigenvalue weighted by atomic mass is 16.5. The van der Waals surface area contributed by atoms with Crippen molar-refractivity contribution in [3.63, 3.8) is 0 Å². The van der Waals surface area contributed by atoms with E-state index in [4.69, 9.17) is 4.74 Å². The molecule has 4 nitrogen and oxygen atoms in total. The average Bonchev–Trinajstić information content (AvgIpc) is 2.31. The molecule has 1 fully saturated rings. The third-order valence-corrected chi connectivity index (χ3v) is 3.81. The predicted octanol–water partition coefficient (Wildman–Crippen LogP) is 1.49. The zero-order chi connectivity index (χ0) is 14.0. The molecular weight excluding hydrogens is 240 g/mol. The first-order chi connectivity index (χ1) is 9.02. The summed E-state index contributed by atoms with van der Waals surface area (Å²) in [6.07, 6.45) is 0. The zero-order valence-electron chi connectivity index (χ0n) is 12.1. The van der Waals surface area contributed by atoms with Crippen LogP contribution in [0.15, 0.2) is 12.1 Å². The number of amides is 1. The molecule has 0 spiro atoms. The van der Waals surface area contributed by atoms with Crippen molar-refractivity contribution in [3.8, 4) is 5.75 Å². The largest absolute Gasteiger partial charge is 0.496 e. The van der Waals surface area contributed by atoms with Crippen molar-refractivity contribution >= 4 is 5.91 Å². The van der Waals surface area contributed by atoms with E-state index in [9.17, 15) is 4.79 Å². The van der Waals surface area contributed by atoms with Gasteiger partial charge in [0.2, 0.25) is 5.91 Å². The molecule has 0 radical (unpaired) electrons. The highest BCUT2D eigenvalue weighted by molar-refractivity contribution is 5.80. The number of methoxy groups -OCH3 is 1. The molecule has 1 aromatic carbocycles. The summed E-state index contributed by atoms with van der Waals surface area (Å²) in [5.41, 5.74) is 3.49. The summed E-state index contributed by atoms with van der Waals surface area (Å²) in [5.74, 6) is 1.20. The van der Waals surface area contributed by atoms with Gasteiger partial charge >= 0.3 is 0 Å². The quantitative estimate of drug-likeness (QED) is 0.894. The molecule has 0 aromatic heterocycles. The van der Waals surface area contributed by atoms with Gasteiger partial charge in [0.1, 0.15) is 5.75 Å². The second kappa shape index (κ2) is 5.61. The van der Waals surface area contributed by atoms with Crippen molar-refractivity contribution in [1.29, 1.82) is 0 Å². The second-order valence-electron chi connectivity index (χ2n) is 5.30. The number of carbonyl (C=O) groups excluding carboxylic acids is 1. The van der Waals surface area contributed by atoms with Crippen molar-refractivity contribution in [1.82, 2.24) is 10.2 Å². The number of hydrogen-bond acceptors (Lipinski definition) is 3. The molecule has 2 rings (SSSR count). The van der Waals surface area contributed by atoms with E-state index in [1.807, 2.05) is 13.1 Å². The lowest BCUT2D eigenvalue weighted by atomic mass is 10.0. The van der Waals surface area contributed by atoms with E-state index in [0.717, 1.165) is 24.4 Å². The average molecular weight is 262 g/mol. The predicted molar refractivity (Wildman–Crippen MR) is 75.3 cm³/mol. The Labute approximate surface area is 114 Å². The molecule has 0 atom stereocenters. The first-order valence-electron chi connectivity index (χ1n) is 6.62. The van der Waals surface area contributed by atoms with Gasteiger partial charge in [-0.2, -0.15) is 0 Å². The summed E-state index contributed by atoms with van der Waals surface area (Å²) in [7, 11) is 3.53. The minimum atomic E-state index is 0.141. The van der Waals surface area contributed by atoms with Gasteiger partial charge in [-0.05, 0) is 31.0 Å². The highest BCUT2D eigenvalue weighted by Crippen LogP contribution is 2.24. The van der Waals surface area contributed by atoms with Crippen LogP contribution in [0, 0.1) is 19.8 Å². The van der Waals surface area contributed by atoms with Gasteiger partial charge in [0, 0.05) is 32.2 Å². The summed E-state index contributed by atoms with van der Waals surface area (Å²) >= 11 is 0. The van der Waals surface area contributed by atoms with Gasteiger partial charge in [0.15, 0.2) is 0 Å². The lowest BCUT2D eigenvalue weighted by Crippen LogP contribution is -2.51. The minimum absolute atomic E-state index is 0.141. The molecule has 0 unspecified atom stereocenters. The Kier molecular flexibility index (Phi) is 4.10. The molecule has 4 heteroatoms. The van der Waals surface area contributed by atoms with Crippen LogP contribution >= 0.6 is 0 Å². The Morgan fingerprint density at radius 1 is 1.37 bits per heavy atom. The van der Waals surface area contributed by atoms with Crippen molar-refractivity contribution in [2.45, 2.75) is 20.4 Å². The van der Waals surface area contributed by atoms with Gasteiger partial charge < -0.3 is 15.0 Å². The fourth-order valence-electron chi connectivity index (χ4n) is 2.27. The van der Waals surface area contributed by atoms with Crippen LogP contribution in [0.5, 0.6) is 5.75 Å². The van der Waals surface area contributed by atoms with Crippen LogP contribution in [0.4, 0.5) is 0 Å². The Morgan fingerprint density at radius 3 is 2.53 bits per heavy atom. The molecule has 0 aliphatic carbocycles. The van der Waals surface area contributed by atoms with E-state index in [0.29, 0.717) is 6.54 Å². The van der Waals surface area contributed by atoms with Crippen LogP contribution in [-0.2, 0) is 11.3 Å². The van der Waals surface area contributed by atoms with Crippen molar-refractivity contribution in [2.24, 2.45) is 5.92 Å². The summed E-state index contributed by atoms with van der Waals surface area (Å²) < 4.78 is 5.41. The maximum atomic E-state index is 12.1. The van der Waals surface area contributed by atoms with E-state index in [2.05, 4.69) is 25.2 Å². The fourth-order valence-corrected chi connectivity index (χ4v) is 2.27. The second-order valence-corrected chi connectivity index (χ2v) is 5.30. The van der Waals surface area contributed by atoms with E-state index in [1.54, 1.807) is 12.0 Å². The molecule has 1 aliphatic rings. The van der Waals surface area contributed by atoms with Crippen LogP contribution in [0.2, 0.25) is 0 Å². The molecule has 19 heavy (non-hydrogen) atoms. The number of hydrogen-bond donors (Lipinski definition) is 1. The maximum absolute atomic E-state index is 12.1. The van der Waals surface area contributed by atoms with E-state index in [1.165, 1.54) is 11.1 Å². The topological polar surface area (TPSA) is 41.6 Å². The number of carbonyl (C=O) groups is 1. The van der Waals surface area contributed by atoms with Gasteiger partial charge in [0.05, 0.1) is 13.0 Å². The number of nitrogens with zero attached hydrogens (tertiary/aromatic N) is 1. The van der Waals surface area contributed by atoms with Gasteiger partial charge in [0.25, 0.3) is 0 Å². The SMILES string of the molecule is COc1cc(C)c(C)cc1CN(C)C(=O)C1CNC1. The maximum Gasteiger partial charge on any atom is 0.228 e. The zero-order valence-corrected chi connectivity index (χ0v) is 12.1. The minimum Gasteiger partial charge on any atom is -0.496 e. The first kappa shape index (κ1) is 13.9. The number of benzene rings is 1. The molecule has 1 aliphatic heterocycles. The van der Waals surface area contributed by atoms with E-state index >= 15 is 0 Å². The van der Waals surface area contributed by atoms with Crippen molar-refractivity contribution < 1.29 is 9.53 Å². The lowest BCUT2D eigenvalue weighted by Gasteiger charge is -2.30. The molecule has 1 aromatic rings. The normalized spacial score (nSPS) is 14.9. The van der Waals surface area contributed by atoms with Gasteiger partial charge in [-0.3, -0.25) is 4.79 Å². The Morgan fingerprint density at radius 2 is 2.00 bits per heavy atom. The van der Waals surface area contributed by atoms with Gasteiger partial charge in [-0.25, -0.2) is 0 Å². The van der Waals surface area contributed by atoms with Crippen LogP contribution in [-0.4, -0.2) is 38.1 Å². The number of nitrogens with one attached hydrogen (secondary N) is 1. The molecule has 1 N–H and O–H groups in total. The summed E-state index contributed by atoms with van der Waals surface area (Å²) in [6, 6.07) is 4.14. The molecule has 1 heterocycles. The van der Waals surface area contributed by atoms with E-state index in [-0.39, 0.29) is 11.8 Å². The Bertz CT molecular complexity index is 481. The van der Waals surface area contributed by atoms with Crippen LogP contribution < -0.4 is 10.1 Å². The standard InChI is InChI=1S/C15H22N2O2/c1-10-5-12(14(19-4)6-11(10)2)9-17(3)15(18)13-7-16-8-13/h5-6,13,16H,7-9H2,1-4H3. The number of rotatable bonds is 4.